The van der Waals surface area contributed by atoms with E-state index in [9.17, 15) is 18.4 Å². The van der Waals surface area contributed by atoms with E-state index in [4.69, 9.17) is 0 Å². The van der Waals surface area contributed by atoms with Gasteiger partial charge in [0.1, 0.15) is 0 Å². The maximum Gasteiger partial charge on any atom is 0.234 e. The van der Waals surface area contributed by atoms with Gasteiger partial charge in [-0.25, -0.2) is 13.8 Å². The maximum atomic E-state index is 13.4. The van der Waals surface area contributed by atoms with Gasteiger partial charge < -0.3 is 10.6 Å². The molecule has 1 aliphatic heterocycles. The minimum atomic E-state index is -0.962. The van der Waals surface area contributed by atoms with Gasteiger partial charge in [-0.1, -0.05) is 18.2 Å². The lowest BCUT2D eigenvalue weighted by Gasteiger charge is -2.24. The molecule has 136 valence electrons. The van der Waals surface area contributed by atoms with Gasteiger partial charge >= 0.3 is 0 Å². The van der Waals surface area contributed by atoms with E-state index in [0.717, 1.165) is 17.7 Å². The van der Waals surface area contributed by atoms with Gasteiger partial charge in [-0.15, -0.1) is 11.3 Å². The van der Waals surface area contributed by atoms with Crippen LogP contribution in [0.4, 0.5) is 19.6 Å². The predicted molar refractivity (Wildman–Crippen MR) is 98.5 cm³/mol. The van der Waals surface area contributed by atoms with Crippen molar-refractivity contribution in [1.29, 1.82) is 0 Å². The van der Waals surface area contributed by atoms with Crippen LogP contribution in [0.5, 0.6) is 0 Å². The number of fused-ring (bicyclic) bond motifs is 1. The third-order valence-corrected chi connectivity index (χ3v) is 5.02. The Morgan fingerprint density at radius 2 is 2.00 bits per heavy atom. The lowest BCUT2D eigenvalue weighted by molar-refractivity contribution is -0.123. The highest BCUT2D eigenvalue weighted by molar-refractivity contribution is 7.14. The number of carbonyl (C=O) groups excluding carboxylic acids is 2. The first-order valence-corrected chi connectivity index (χ1v) is 9.00. The Morgan fingerprint density at radius 1 is 1.19 bits per heavy atom. The molecular weight excluding hydrogens is 372 g/mol. The molecule has 0 spiro atoms. The van der Waals surface area contributed by atoms with Crippen molar-refractivity contribution in [2.24, 2.45) is 0 Å². The molecule has 4 rings (SSSR count). The smallest absolute Gasteiger partial charge is 0.234 e. The van der Waals surface area contributed by atoms with Gasteiger partial charge in [0.05, 0.1) is 11.6 Å². The quantitative estimate of drug-likeness (QED) is 0.711. The van der Waals surface area contributed by atoms with Crippen LogP contribution in [0.1, 0.15) is 17.9 Å². The summed E-state index contributed by atoms with van der Waals surface area (Å²) >= 11 is 1.17. The highest BCUT2D eigenvalue weighted by Gasteiger charge is 2.30. The fourth-order valence-electron chi connectivity index (χ4n) is 2.96. The summed E-state index contributed by atoms with van der Waals surface area (Å²) in [5.41, 5.74) is 2.20. The SMILES string of the molecule is O=C1CC(C(=O)Nc2nc(-c3ccc(F)c(F)c3)cs2)c2ccccc2N1. The number of benzene rings is 2. The summed E-state index contributed by atoms with van der Waals surface area (Å²) in [4.78, 5) is 28.8. The molecule has 0 radical (unpaired) electrons. The average molecular weight is 385 g/mol. The molecular formula is C19H13F2N3O2S. The van der Waals surface area contributed by atoms with E-state index < -0.39 is 17.6 Å². The van der Waals surface area contributed by atoms with Crippen molar-refractivity contribution in [3.63, 3.8) is 0 Å². The Morgan fingerprint density at radius 3 is 2.81 bits per heavy atom. The highest BCUT2D eigenvalue weighted by atomic mass is 32.1. The number of amides is 2. The van der Waals surface area contributed by atoms with Crippen LogP contribution in [-0.4, -0.2) is 16.8 Å². The second-order valence-corrected chi connectivity index (χ2v) is 6.91. The van der Waals surface area contributed by atoms with Crippen molar-refractivity contribution in [3.05, 3.63) is 65.0 Å². The Balaban J connectivity index is 1.55. The number of anilines is 2. The van der Waals surface area contributed by atoms with Crippen molar-refractivity contribution < 1.29 is 18.4 Å². The summed E-state index contributed by atoms with van der Waals surface area (Å²) in [6.45, 7) is 0. The van der Waals surface area contributed by atoms with Crippen LogP contribution in [0.15, 0.2) is 47.8 Å². The molecule has 2 aromatic carbocycles. The lowest BCUT2D eigenvalue weighted by atomic mass is 9.90. The number of rotatable bonds is 3. The van der Waals surface area contributed by atoms with Crippen LogP contribution in [0.25, 0.3) is 11.3 Å². The predicted octanol–water partition coefficient (Wildman–Crippen LogP) is 4.15. The number of hydrogen-bond donors (Lipinski definition) is 2. The monoisotopic (exact) mass is 385 g/mol. The van der Waals surface area contributed by atoms with Crippen molar-refractivity contribution in [1.82, 2.24) is 4.98 Å². The van der Waals surface area contributed by atoms with Gasteiger partial charge in [0, 0.05) is 23.1 Å². The van der Waals surface area contributed by atoms with Crippen LogP contribution < -0.4 is 10.6 Å². The molecule has 0 saturated carbocycles. The number of nitrogens with zero attached hydrogens (tertiary/aromatic N) is 1. The molecule has 2 amide bonds. The summed E-state index contributed by atoms with van der Waals surface area (Å²) < 4.78 is 26.5. The van der Waals surface area contributed by atoms with Gasteiger partial charge in [0.15, 0.2) is 16.8 Å². The van der Waals surface area contributed by atoms with E-state index in [1.807, 2.05) is 0 Å². The molecule has 1 aliphatic rings. The molecule has 0 saturated heterocycles. The molecule has 5 nitrogen and oxygen atoms in total. The molecule has 0 fully saturated rings. The van der Waals surface area contributed by atoms with Gasteiger partial charge in [-0.2, -0.15) is 0 Å². The number of para-hydroxylation sites is 1. The molecule has 1 aromatic heterocycles. The Bertz CT molecular complexity index is 1050. The van der Waals surface area contributed by atoms with Gasteiger partial charge in [0.25, 0.3) is 0 Å². The number of halogens is 2. The van der Waals surface area contributed by atoms with Gasteiger partial charge in [-0.3, -0.25) is 9.59 Å². The molecule has 1 atom stereocenters. The normalized spacial score (nSPS) is 15.8. The van der Waals surface area contributed by atoms with E-state index in [2.05, 4.69) is 15.6 Å². The van der Waals surface area contributed by atoms with Crippen molar-refractivity contribution >= 4 is 34.0 Å². The molecule has 1 unspecified atom stereocenters. The second kappa shape index (κ2) is 6.88. The highest BCUT2D eigenvalue weighted by Crippen LogP contribution is 2.33. The van der Waals surface area contributed by atoms with E-state index in [0.29, 0.717) is 22.1 Å². The molecule has 27 heavy (non-hydrogen) atoms. The van der Waals surface area contributed by atoms with Crippen molar-refractivity contribution in [2.45, 2.75) is 12.3 Å². The minimum absolute atomic E-state index is 0.0459. The Labute approximate surface area is 157 Å². The van der Waals surface area contributed by atoms with Gasteiger partial charge in [0.2, 0.25) is 11.8 Å². The van der Waals surface area contributed by atoms with E-state index >= 15 is 0 Å². The molecule has 8 heteroatoms. The zero-order chi connectivity index (χ0) is 19.0. The third kappa shape index (κ3) is 3.43. The first kappa shape index (κ1) is 17.3. The molecule has 0 bridgehead atoms. The standard InChI is InChI=1S/C19H13F2N3O2S/c20-13-6-5-10(7-14(13)21)16-9-27-19(23-16)24-18(26)12-8-17(25)22-15-4-2-1-3-11(12)15/h1-7,9,12H,8H2,(H,22,25)(H,23,24,26). The molecule has 2 N–H and O–H groups in total. The number of hydrogen-bond acceptors (Lipinski definition) is 4. The molecule has 0 aliphatic carbocycles. The number of carbonyl (C=O) groups is 2. The first-order valence-electron chi connectivity index (χ1n) is 8.12. The molecule has 2 heterocycles. The van der Waals surface area contributed by atoms with Crippen LogP contribution in [0.3, 0.4) is 0 Å². The minimum Gasteiger partial charge on any atom is -0.326 e. The number of thiazole rings is 1. The molecule has 3 aromatic rings. The van der Waals surface area contributed by atoms with Crippen LogP contribution in [0, 0.1) is 11.6 Å². The largest absolute Gasteiger partial charge is 0.326 e. The average Bonchev–Trinajstić information content (AvgIpc) is 3.11. The van der Waals surface area contributed by atoms with Gasteiger partial charge in [-0.05, 0) is 29.8 Å². The van der Waals surface area contributed by atoms with Crippen molar-refractivity contribution in [2.75, 3.05) is 10.6 Å². The third-order valence-electron chi connectivity index (χ3n) is 4.27. The Hall–Kier alpha value is -3.13. The number of nitrogens with one attached hydrogen (secondary N) is 2. The zero-order valence-electron chi connectivity index (χ0n) is 13.8. The van der Waals surface area contributed by atoms with E-state index in [-0.39, 0.29) is 18.2 Å². The second-order valence-electron chi connectivity index (χ2n) is 6.05. The summed E-state index contributed by atoms with van der Waals surface area (Å²) in [5, 5.41) is 7.42. The zero-order valence-corrected chi connectivity index (χ0v) is 14.6. The van der Waals surface area contributed by atoms with E-state index in [1.54, 1.807) is 29.6 Å². The van der Waals surface area contributed by atoms with Crippen LogP contribution in [0.2, 0.25) is 0 Å². The van der Waals surface area contributed by atoms with Crippen molar-refractivity contribution in [3.8, 4) is 11.3 Å². The maximum absolute atomic E-state index is 13.4. The van der Waals surface area contributed by atoms with E-state index in [1.165, 1.54) is 17.4 Å². The van der Waals surface area contributed by atoms with Crippen LogP contribution >= 0.6 is 11.3 Å². The number of aromatic nitrogens is 1. The topological polar surface area (TPSA) is 71.1 Å². The summed E-state index contributed by atoms with van der Waals surface area (Å²) in [7, 11) is 0. The fraction of sp³-hybridized carbons (Fsp3) is 0.105. The fourth-order valence-corrected chi connectivity index (χ4v) is 3.68. The summed E-state index contributed by atoms with van der Waals surface area (Å²) in [6, 6.07) is 10.6. The Kier molecular flexibility index (Phi) is 4.41. The lowest BCUT2D eigenvalue weighted by Crippen LogP contribution is -2.30. The van der Waals surface area contributed by atoms with Crippen LogP contribution in [-0.2, 0) is 9.59 Å². The summed E-state index contributed by atoms with van der Waals surface area (Å²) in [6.07, 6.45) is 0.0459. The summed E-state index contributed by atoms with van der Waals surface area (Å²) in [5.74, 6) is -3.09. The first-order chi connectivity index (χ1) is 13.0.